The first-order valence-corrected chi connectivity index (χ1v) is 15.7. The van der Waals surface area contributed by atoms with Gasteiger partial charge >= 0.3 is 0 Å². The SMILES string of the molecule is O=C1c2cccc(-n3c4cccc(-c5ccncc5)c4c4c(-c5ccncc5)cccc43)c2C(=O)N1c1ccc(-c2ccccc2)cc1. The van der Waals surface area contributed by atoms with Crippen LogP contribution < -0.4 is 4.90 Å². The van der Waals surface area contributed by atoms with E-state index in [1.807, 2.05) is 103 Å². The van der Waals surface area contributed by atoms with Crippen molar-refractivity contribution in [3.63, 3.8) is 0 Å². The van der Waals surface area contributed by atoms with E-state index >= 15 is 0 Å². The van der Waals surface area contributed by atoms with Crippen molar-refractivity contribution in [3.8, 4) is 39.1 Å². The van der Waals surface area contributed by atoms with Crippen LogP contribution in [0, 0.1) is 0 Å². The number of imide groups is 1. The first-order chi connectivity index (χ1) is 23.7. The lowest BCUT2D eigenvalue weighted by Gasteiger charge is -2.15. The van der Waals surface area contributed by atoms with Crippen molar-refractivity contribution in [2.75, 3.05) is 4.90 Å². The molecule has 1 aliphatic heterocycles. The van der Waals surface area contributed by atoms with Gasteiger partial charge in [-0.25, -0.2) is 4.90 Å². The van der Waals surface area contributed by atoms with Gasteiger partial charge in [-0.05, 0) is 94.0 Å². The van der Waals surface area contributed by atoms with Crippen LogP contribution in [-0.4, -0.2) is 26.3 Å². The number of rotatable bonds is 5. The molecule has 4 heterocycles. The molecule has 0 spiro atoms. The molecule has 5 aromatic carbocycles. The molecule has 1 aliphatic rings. The van der Waals surface area contributed by atoms with Gasteiger partial charge in [-0.1, -0.05) is 72.8 Å². The summed E-state index contributed by atoms with van der Waals surface area (Å²) in [5.74, 6) is -0.677. The summed E-state index contributed by atoms with van der Waals surface area (Å²) in [5.41, 5.74) is 10.1. The van der Waals surface area contributed by atoms with Gasteiger partial charge in [0, 0.05) is 35.6 Å². The van der Waals surface area contributed by atoms with Crippen molar-refractivity contribution in [2.24, 2.45) is 0 Å². The van der Waals surface area contributed by atoms with Crippen LogP contribution in [0.1, 0.15) is 20.7 Å². The summed E-state index contributed by atoms with van der Waals surface area (Å²) < 4.78 is 2.13. The van der Waals surface area contributed by atoms with Crippen LogP contribution in [-0.2, 0) is 0 Å². The summed E-state index contributed by atoms with van der Waals surface area (Å²) in [5, 5.41) is 2.10. The van der Waals surface area contributed by atoms with Gasteiger partial charge in [-0.15, -0.1) is 0 Å². The Morgan fingerprint density at radius 1 is 0.417 bits per heavy atom. The van der Waals surface area contributed by atoms with Crippen molar-refractivity contribution in [3.05, 3.63) is 169 Å². The predicted octanol–water partition coefficient (Wildman–Crippen LogP) is 9.38. The summed E-state index contributed by atoms with van der Waals surface area (Å²) in [7, 11) is 0. The van der Waals surface area contributed by atoms with Crippen molar-refractivity contribution in [1.82, 2.24) is 14.5 Å². The number of hydrogen-bond donors (Lipinski definition) is 0. The molecule has 2 amide bonds. The minimum Gasteiger partial charge on any atom is -0.308 e. The summed E-state index contributed by atoms with van der Waals surface area (Å²) in [6.45, 7) is 0. The molecule has 0 saturated carbocycles. The maximum Gasteiger partial charge on any atom is 0.268 e. The molecule has 6 heteroatoms. The third-order valence-electron chi connectivity index (χ3n) is 9.17. The highest BCUT2D eigenvalue weighted by atomic mass is 16.2. The maximum absolute atomic E-state index is 14.4. The zero-order chi connectivity index (χ0) is 32.2. The van der Waals surface area contributed by atoms with E-state index in [9.17, 15) is 9.59 Å². The summed E-state index contributed by atoms with van der Waals surface area (Å²) in [6.07, 6.45) is 7.19. The number of hydrogen-bond acceptors (Lipinski definition) is 4. The van der Waals surface area contributed by atoms with Gasteiger partial charge in [-0.3, -0.25) is 19.6 Å². The molecule has 0 fully saturated rings. The zero-order valence-corrected chi connectivity index (χ0v) is 25.6. The number of carbonyl (C=O) groups excluding carboxylic acids is 2. The summed E-state index contributed by atoms with van der Waals surface area (Å²) >= 11 is 0. The Morgan fingerprint density at radius 3 is 1.52 bits per heavy atom. The predicted molar refractivity (Wildman–Crippen MR) is 190 cm³/mol. The van der Waals surface area contributed by atoms with E-state index in [1.54, 1.807) is 30.9 Å². The van der Waals surface area contributed by atoms with Crippen LogP contribution in [0.3, 0.4) is 0 Å². The van der Waals surface area contributed by atoms with Crippen LogP contribution in [0.5, 0.6) is 0 Å². The van der Waals surface area contributed by atoms with Crippen LogP contribution in [0.25, 0.3) is 60.9 Å². The van der Waals surface area contributed by atoms with Gasteiger partial charge in [0.05, 0.1) is 33.5 Å². The molecule has 0 radical (unpaired) electrons. The Hall–Kier alpha value is -6.66. The largest absolute Gasteiger partial charge is 0.308 e. The Morgan fingerprint density at radius 2 is 0.938 bits per heavy atom. The molecule has 3 aromatic heterocycles. The highest BCUT2D eigenvalue weighted by Gasteiger charge is 2.39. The monoisotopic (exact) mass is 618 g/mol. The number of amides is 2. The minimum absolute atomic E-state index is 0.333. The maximum atomic E-state index is 14.4. The van der Waals surface area contributed by atoms with E-state index < -0.39 is 0 Å². The second kappa shape index (κ2) is 11.0. The van der Waals surface area contributed by atoms with E-state index in [1.165, 1.54) is 4.90 Å². The second-order valence-electron chi connectivity index (χ2n) is 11.8. The topological polar surface area (TPSA) is 68.1 Å². The summed E-state index contributed by atoms with van der Waals surface area (Å²) in [4.78, 5) is 38.2. The number of benzene rings is 5. The fourth-order valence-corrected chi connectivity index (χ4v) is 7.03. The first-order valence-electron chi connectivity index (χ1n) is 15.7. The lowest BCUT2D eigenvalue weighted by atomic mass is 9.95. The van der Waals surface area contributed by atoms with Gasteiger partial charge in [0.25, 0.3) is 11.8 Å². The lowest BCUT2D eigenvalue weighted by molar-refractivity contribution is 0.0926. The average Bonchev–Trinajstić information content (AvgIpc) is 3.63. The normalized spacial score (nSPS) is 12.6. The van der Waals surface area contributed by atoms with Crippen molar-refractivity contribution in [2.45, 2.75) is 0 Å². The van der Waals surface area contributed by atoms with Crippen LogP contribution in [0.2, 0.25) is 0 Å². The Kier molecular flexibility index (Phi) is 6.33. The molecule has 8 aromatic rings. The number of aromatic nitrogens is 3. The van der Waals surface area contributed by atoms with Crippen LogP contribution in [0.15, 0.2) is 158 Å². The van der Waals surface area contributed by atoms with Crippen molar-refractivity contribution in [1.29, 1.82) is 0 Å². The van der Waals surface area contributed by atoms with Gasteiger partial charge in [0.2, 0.25) is 0 Å². The zero-order valence-electron chi connectivity index (χ0n) is 25.6. The fraction of sp³-hybridized carbons (Fsp3) is 0. The Balaban J connectivity index is 1.27. The molecule has 226 valence electrons. The number of carbonyl (C=O) groups is 2. The third-order valence-corrected chi connectivity index (χ3v) is 9.17. The smallest absolute Gasteiger partial charge is 0.268 e. The molecule has 0 aliphatic carbocycles. The van der Waals surface area contributed by atoms with Gasteiger partial charge in [-0.2, -0.15) is 0 Å². The number of anilines is 1. The van der Waals surface area contributed by atoms with E-state index in [0.29, 0.717) is 22.5 Å². The summed E-state index contributed by atoms with van der Waals surface area (Å²) in [6, 6.07) is 43.7. The number of fused-ring (bicyclic) bond motifs is 4. The van der Waals surface area contributed by atoms with E-state index in [0.717, 1.165) is 55.2 Å². The standard InChI is InChI=1S/C42H26N4O2/c47-41-34-11-6-14-37(40(34)42(48)45(41)31-17-15-28(16-18-31)27-7-2-1-3-8-27)46-35-12-4-9-32(29-19-23-43-24-20-29)38(35)39-33(10-5-13-36(39)46)30-21-25-44-26-22-30/h1-26H. The first kappa shape index (κ1) is 27.6. The highest BCUT2D eigenvalue weighted by Crippen LogP contribution is 2.44. The minimum atomic E-state index is -0.344. The van der Waals surface area contributed by atoms with Crippen molar-refractivity contribution < 1.29 is 9.59 Å². The van der Waals surface area contributed by atoms with E-state index in [4.69, 9.17) is 0 Å². The van der Waals surface area contributed by atoms with Crippen LogP contribution in [0.4, 0.5) is 5.69 Å². The molecule has 0 bridgehead atoms. The molecule has 9 rings (SSSR count). The Labute approximate surface area is 276 Å². The van der Waals surface area contributed by atoms with Crippen molar-refractivity contribution >= 4 is 39.3 Å². The number of pyridine rings is 2. The highest BCUT2D eigenvalue weighted by molar-refractivity contribution is 6.36. The van der Waals surface area contributed by atoms with Gasteiger partial charge in [0.1, 0.15) is 0 Å². The van der Waals surface area contributed by atoms with E-state index in [-0.39, 0.29) is 11.8 Å². The second-order valence-corrected chi connectivity index (χ2v) is 11.8. The molecular formula is C42H26N4O2. The third kappa shape index (κ3) is 4.20. The van der Waals surface area contributed by atoms with E-state index in [2.05, 4.69) is 38.8 Å². The van der Waals surface area contributed by atoms with Gasteiger partial charge in [0.15, 0.2) is 0 Å². The molecule has 0 saturated heterocycles. The fourth-order valence-electron chi connectivity index (χ4n) is 7.03. The number of nitrogens with zero attached hydrogens (tertiary/aromatic N) is 4. The quantitative estimate of drug-likeness (QED) is 0.180. The molecule has 48 heavy (non-hydrogen) atoms. The molecule has 6 nitrogen and oxygen atoms in total. The lowest BCUT2D eigenvalue weighted by Crippen LogP contribution is -2.29. The Bertz CT molecular complexity index is 2430. The molecule has 0 N–H and O–H groups in total. The van der Waals surface area contributed by atoms with Crippen LogP contribution >= 0.6 is 0 Å². The molecule has 0 unspecified atom stereocenters. The molecule has 0 atom stereocenters. The molecular weight excluding hydrogens is 592 g/mol. The average molecular weight is 619 g/mol. The van der Waals surface area contributed by atoms with Gasteiger partial charge < -0.3 is 4.57 Å².